The van der Waals surface area contributed by atoms with Crippen molar-refractivity contribution in [3.63, 3.8) is 0 Å². The third kappa shape index (κ3) is 1.97. The van der Waals surface area contributed by atoms with Crippen LogP contribution in [0, 0.1) is 0 Å². The number of piperidine rings is 1. The van der Waals surface area contributed by atoms with E-state index in [1.54, 1.807) is 11.1 Å². The first-order valence-electron chi connectivity index (χ1n) is 6.14. The molecule has 1 aromatic carbocycles. The lowest BCUT2D eigenvalue weighted by molar-refractivity contribution is 0.0546. The van der Waals surface area contributed by atoms with Gasteiger partial charge in [0.25, 0.3) is 5.91 Å². The van der Waals surface area contributed by atoms with Crippen molar-refractivity contribution in [2.45, 2.75) is 18.9 Å². The van der Waals surface area contributed by atoms with Crippen molar-refractivity contribution in [3.05, 3.63) is 30.0 Å². The largest absolute Gasteiger partial charge is 0.393 e. The third-order valence-corrected chi connectivity index (χ3v) is 3.44. The van der Waals surface area contributed by atoms with Crippen molar-refractivity contribution < 1.29 is 9.90 Å². The predicted molar refractivity (Wildman–Crippen MR) is 67.2 cm³/mol. The number of aromatic amines is 1. The number of fused-ring (bicyclic) bond motifs is 1. The fourth-order valence-electron chi connectivity index (χ4n) is 2.32. The second-order valence-corrected chi connectivity index (χ2v) is 4.70. The quantitative estimate of drug-likeness (QED) is 0.792. The minimum atomic E-state index is -0.260. The van der Waals surface area contributed by atoms with Crippen molar-refractivity contribution in [2.24, 2.45) is 0 Å². The van der Waals surface area contributed by atoms with Gasteiger partial charge in [-0.2, -0.15) is 5.10 Å². The predicted octanol–water partition coefficient (Wildman–Crippen LogP) is 1.16. The first-order chi connectivity index (χ1) is 8.74. The number of hydrogen-bond acceptors (Lipinski definition) is 3. The van der Waals surface area contributed by atoms with Crippen molar-refractivity contribution in [2.75, 3.05) is 13.1 Å². The Morgan fingerprint density at radius 2 is 2.17 bits per heavy atom. The van der Waals surface area contributed by atoms with Gasteiger partial charge >= 0.3 is 0 Å². The average molecular weight is 245 g/mol. The summed E-state index contributed by atoms with van der Waals surface area (Å²) in [5.74, 6) is 0.0263. The molecule has 2 N–H and O–H groups in total. The topological polar surface area (TPSA) is 69.2 Å². The zero-order valence-corrected chi connectivity index (χ0v) is 9.97. The van der Waals surface area contributed by atoms with Crippen LogP contribution >= 0.6 is 0 Å². The summed E-state index contributed by atoms with van der Waals surface area (Å²) in [5, 5.41) is 17.2. The number of likely N-dealkylation sites (tertiary alicyclic amines) is 1. The van der Waals surface area contributed by atoms with Gasteiger partial charge in [-0.1, -0.05) is 6.07 Å². The molecule has 5 heteroatoms. The molecule has 2 heterocycles. The number of hydrogen-bond donors (Lipinski definition) is 2. The fourth-order valence-corrected chi connectivity index (χ4v) is 2.32. The molecule has 0 atom stereocenters. The summed E-state index contributed by atoms with van der Waals surface area (Å²) in [5.41, 5.74) is 1.54. The third-order valence-electron chi connectivity index (χ3n) is 3.44. The smallest absolute Gasteiger partial charge is 0.253 e. The number of nitrogens with one attached hydrogen (secondary N) is 1. The number of carbonyl (C=O) groups excluding carboxylic acids is 1. The van der Waals surface area contributed by atoms with Gasteiger partial charge in [0.2, 0.25) is 0 Å². The number of aliphatic hydroxyl groups excluding tert-OH is 1. The van der Waals surface area contributed by atoms with Gasteiger partial charge in [0.15, 0.2) is 0 Å². The summed E-state index contributed by atoms with van der Waals surface area (Å²) in [6, 6.07) is 5.55. The van der Waals surface area contributed by atoms with Crippen LogP contribution in [0.1, 0.15) is 23.2 Å². The lowest BCUT2D eigenvalue weighted by atomic mass is 10.1. The number of rotatable bonds is 1. The molecule has 0 spiro atoms. The Morgan fingerprint density at radius 1 is 1.39 bits per heavy atom. The summed E-state index contributed by atoms with van der Waals surface area (Å²) in [6.45, 7) is 1.25. The van der Waals surface area contributed by atoms with Gasteiger partial charge in [0.05, 0.1) is 17.8 Å². The summed E-state index contributed by atoms with van der Waals surface area (Å²) in [6.07, 6.45) is 2.81. The van der Waals surface area contributed by atoms with Crippen molar-refractivity contribution in [1.82, 2.24) is 15.1 Å². The second-order valence-electron chi connectivity index (χ2n) is 4.70. The Balaban J connectivity index is 1.82. The van der Waals surface area contributed by atoms with Crippen LogP contribution in [0.15, 0.2) is 24.4 Å². The summed E-state index contributed by atoms with van der Waals surface area (Å²) in [4.78, 5) is 14.1. The van der Waals surface area contributed by atoms with E-state index in [1.165, 1.54) is 0 Å². The van der Waals surface area contributed by atoms with Crippen LogP contribution in [0.25, 0.3) is 10.9 Å². The Kier molecular flexibility index (Phi) is 2.76. The van der Waals surface area contributed by atoms with Gasteiger partial charge in [-0.25, -0.2) is 0 Å². The second kappa shape index (κ2) is 4.42. The summed E-state index contributed by atoms with van der Waals surface area (Å²) in [7, 11) is 0. The fraction of sp³-hybridized carbons (Fsp3) is 0.385. The van der Waals surface area contributed by atoms with E-state index < -0.39 is 0 Å². The highest BCUT2D eigenvalue weighted by Gasteiger charge is 2.22. The lowest BCUT2D eigenvalue weighted by Crippen LogP contribution is -2.40. The first-order valence-corrected chi connectivity index (χ1v) is 6.14. The summed E-state index contributed by atoms with van der Waals surface area (Å²) < 4.78 is 0. The van der Waals surface area contributed by atoms with Crippen molar-refractivity contribution >= 4 is 16.8 Å². The number of nitrogens with zero attached hydrogens (tertiary/aromatic N) is 2. The van der Waals surface area contributed by atoms with Gasteiger partial charge in [-0.15, -0.1) is 0 Å². The molecule has 0 unspecified atom stereocenters. The molecule has 1 aliphatic rings. The molecular weight excluding hydrogens is 230 g/mol. The van der Waals surface area contributed by atoms with Gasteiger partial charge in [0.1, 0.15) is 0 Å². The summed E-state index contributed by atoms with van der Waals surface area (Å²) >= 11 is 0. The maximum atomic E-state index is 12.3. The SMILES string of the molecule is O=C(c1ccc2cn[nH]c2c1)N1CCC(O)CC1. The number of amides is 1. The molecule has 2 aromatic rings. The number of aliphatic hydroxyl groups is 1. The lowest BCUT2D eigenvalue weighted by Gasteiger charge is -2.29. The Morgan fingerprint density at radius 3 is 2.94 bits per heavy atom. The van der Waals surface area contributed by atoms with Gasteiger partial charge in [0, 0.05) is 24.0 Å². The highest BCUT2D eigenvalue weighted by Crippen LogP contribution is 2.17. The van der Waals surface area contributed by atoms with E-state index in [9.17, 15) is 9.90 Å². The van der Waals surface area contributed by atoms with E-state index >= 15 is 0 Å². The van der Waals surface area contributed by atoms with E-state index in [4.69, 9.17) is 0 Å². The standard InChI is InChI=1S/C13H15N3O2/c17-11-3-5-16(6-4-11)13(18)9-1-2-10-8-14-15-12(10)7-9/h1-2,7-8,11,17H,3-6H2,(H,14,15). The average Bonchev–Trinajstić information content (AvgIpc) is 2.86. The van der Waals surface area contributed by atoms with Crippen LogP contribution in [0.3, 0.4) is 0 Å². The number of carbonyl (C=O) groups is 1. The van der Waals surface area contributed by atoms with Crippen LogP contribution in [-0.4, -0.2) is 45.3 Å². The maximum Gasteiger partial charge on any atom is 0.253 e. The van der Waals surface area contributed by atoms with Crippen LogP contribution in [0.5, 0.6) is 0 Å². The molecule has 1 aromatic heterocycles. The van der Waals surface area contributed by atoms with Crippen molar-refractivity contribution in [1.29, 1.82) is 0 Å². The molecule has 0 aliphatic carbocycles. The van der Waals surface area contributed by atoms with E-state index in [2.05, 4.69) is 10.2 Å². The van der Waals surface area contributed by atoms with E-state index in [0.717, 1.165) is 10.9 Å². The van der Waals surface area contributed by atoms with E-state index in [1.807, 2.05) is 18.2 Å². The highest BCUT2D eigenvalue weighted by atomic mass is 16.3. The molecule has 0 radical (unpaired) electrons. The van der Waals surface area contributed by atoms with Crippen molar-refractivity contribution in [3.8, 4) is 0 Å². The molecule has 1 amide bonds. The Hall–Kier alpha value is -1.88. The van der Waals surface area contributed by atoms with E-state index in [0.29, 0.717) is 31.5 Å². The Labute approximate surface area is 104 Å². The minimum Gasteiger partial charge on any atom is -0.393 e. The maximum absolute atomic E-state index is 12.3. The molecule has 0 bridgehead atoms. The normalized spacial score (nSPS) is 17.3. The van der Waals surface area contributed by atoms with Gasteiger partial charge in [-0.05, 0) is 25.0 Å². The molecule has 1 fully saturated rings. The molecule has 1 aliphatic heterocycles. The zero-order chi connectivity index (χ0) is 12.5. The number of aromatic nitrogens is 2. The highest BCUT2D eigenvalue weighted by molar-refractivity contribution is 5.97. The van der Waals surface area contributed by atoms with Gasteiger partial charge < -0.3 is 10.0 Å². The molecule has 1 saturated heterocycles. The number of H-pyrrole nitrogens is 1. The van der Waals surface area contributed by atoms with Gasteiger partial charge in [-0.3, -0.25) is 9.89 Å². The van der Waals surface area contributed by atoms with Crippen LogP contribution in [0.2, 0.25) is 0 Å². The molecule has 18 heavy (non-hydrogen) atoms. The van der Waals surface area contributed by atoms with Crippen LogP contribution in [0.4, 0.5) is 0 Å². The molecule has 0 saturated carbocycles. The van der Waals surface area contributed by atoms with Crippen LogP contribution in [-0.2, 0) is 0 Å². The first kappa shape index (κ1) is 11.2. The monoisotopic (exact) mass is 245 g/mol. The minimum absolute atomic E-state index is 0.0263. The molecular formula is C13H15N3O2. The van der Waals surface area contributed by atoms with E-state index in [-0.39, 0.29) is 12.0 Å². The number of benzene rings is 1. The van der Waals surface area contributed by atoms with Crippen LogP contribution < -0.4 is 0 Å². The zero-order valence-electron chi connectivity index (χ0n) is 9.97. The molecule has 3 rings (SSSR count). The molecule has 94 valence electrons. The molecule has 5 nitrogen and oxygen atoms in total. The Bertz CT molecular complexity index is 570.